The number of rotatable bonds is 6. The molecule has 0 radical (unpaired) electrons. The molecular formula is C20H14BrN5O4. The van der Waals surface area contributed by atoms with Gasteiger partial charge >= 0.3 is 11.6 Å². The van der Waals surface area contributed by atoms with Crippen LogP contribution >= 0.6 is 15.9 Å². The van der Waals surface area contributed by atoms with Crippen molar-refractivity contribution in [2.45, 2.75) is 0 Å². The fourth-order valence-electron chi connectivity index (χ4n) is 2.83. The number of ether oxygens (including phenoxy) is 2. The zero-order chi connectivity index (χ0) is 21.1. The molecule has 1 N–H and O–H groups in total. The summed E-state index contributed by atoms with van der Waals surface area (Å²) in [5.41, 5.74) is 0.715. The molecular weight excluding hydrogens is 454 g/mol. The molecule has 4 aromatic rings. The number of aromatic nitrogens is 3. The predicted octanol–water partition coefficient (Wildman–Crippen LogP) is 5.24. The standard InChI is InChI=1S/C20H14BrN5O4/c1-29-13-5-2-4-12(10-13)25-19-18(26(27)28)20(24-11-23-19)30-16-8-7-15(21)14-6-3-9-22-17(14)16/h2-11H,1H3,(H,23,24,25). The minimum absolute atomic E-state index is 0.00682. The largest absolute Gasteiger partial charge is 0.497 e. The average molecular weight is 468 g/mol. The van der Waals surface area contributed by atoms with Crippen LogP contribution in [0.4, 0.5) is 17.2 Å². The first-order valence-corrected chi connectivity index (χ1v) is 9.47. The molecule has 2 aromatic carbocycles. The fourth-order valence-corrected chi connectivity index (χ4v) is 3.28. The maximum absolute atomic E-state index is 11.8. The SMILES string of the molecule is COc1cccc(Nc2ncnc(Oc3ccc(Br)c4cccnc34)c2[N+](=O)[O-])c1. The van der Waals surface area contributed by atoms with Crippen molar-refractivity contribution in [3.05, 3.63) is 75.6 Å². The van der Waals surface area contributed by atoms with Crippen LogP contribution in [-0.4, -0.2) is 27.0 Å². The van der Waals surface area contributed by atoms with Crippen molar-refractivity contribution in [3.8, 4) is 17.4 Å². The van der Waals surface area contributed by atoms with Crippen molar-refractivity contribution in [3.63, 3.8) is 0 Å². The van der Waals surface area contributed by atoms with Crippen molar-refractivity contribution in [1.29, 1.82) is 0 Å². The van der Waals surface area contributed by atoms with Crippen LogP contribution in [0.25, 0.3) is 10.9 Å². The van der Waals surface area contributed by atoms with Gasteiger partial charge in [0.1, 0.15) is 17.6 Å². The second-order valence-electron chi connectivity index (χ2n) is 6.04. The molecule has 0 spiro atoms. The molecule has 0 saturated heterocycles. The molecule has 9 nitrogen and oxygen atoms in total. The highest BCUT2D eigenvalue weighted by atomic mass is 79.9. The maximum Gasteiger partial charge on any atom is 0.373 e. The van der Waals surface area contributed by atoms with E-state index in [4.69, 9.17) is 9.47 Å². The van der Waals surface area contributed by atoms with Crippen LogP contribution in [0.3, 0.4) is 0 Å². The third-order valence-corrected chi connectivity index (χ3v) is 4.88. The van der Waals surface area contributed by atoms with Crippen LogP contribution in [0.5, 0.6) is 17.4 Å². The quantitative estimate of drug-likeness (QED) is 0.302. The number of benzene rings is 2. The number of anilines is 2. The van der Waals surface area contributed by atoms with E-state index in [-0.39, 0.29) is 11.7 Å². The Labute approximate surface area is 179 Å². The molecule has 4 rings (SSSR count). The van der Waals surface area contributed by atoms with Gasteiger partial charge in [0.15, 0.2) is 5.75 Å². The third-order valence-electron chi connectivity index (χ3n) is 4.19. The van der Waals surface area contributed by atoms with E-state index in [1.807, 2.05) is 6.07 Å². The molecule has 0 aliphatic heterocycles. The fraction of sp³-hybridized carbons (Fsp3) is 0.0500. The summed E-state index contributed by atoms with van der Waals surface area (Å²) < 4.78 is 11.8. The molecule has 30 heavy (non-hydrogen) atoms. The number of nitrogens with zero attached hydrogens (tertiary/aromatic N) is 4. The van der Waals surface area contributed by atoms with Gasteiger partial charge in [-0.3, -0.25) is 15.1 Å². The van der Waals surface area contributed by atoms with Crippen LogP contribution in [-0.2, 0) is 0 Å². The Morgan fingerprint density at radius 2 is 1.97 bits per heavy atom. The lowest BCUT2D eigenvalue weighted by Gasteiger charge is -2.11. The number of pyridine rings is 1. The van der Waals surface area contributed by atoms with Gasteiger partial charge in [0.05, 0.1) is 12.0 Å². The van der Waals surface area contributed by atoms with Gasteiger partial charge in [-0.05, 0) is 30.3 Å². The van der Waals surface area contributed by atoms with Gasteiger partial charge in [-0.25, -0.2) is 4.98 Å². The molecule has 0 fully saturated rings. The number of nitro groups is 1. The first kappa shape index (κ1) is 19.5. The van der Waals surface area contributed by atoms with E-state index in [0.717, 1.165) is 9.86 Å². The van der Waals surface area contributed by atoms with Gasteiger partial charge in [-0.1, -0.05) is 28.1 Å². The van der Waals surface area contributed by atoms with Gasteiger partial charge < -0.3 is 14.8 Å². The Morgan fingerprint density at radius 1 is 1.10 bits per heavy atom. The molecule has 0 aliphatic carbocycles. The Balaban J connectivity index is 1.75. The first-order valence-electron chi connectivity index (χ1n) is 8.68. The molecule has 150 valence electrons. The number of hydrogen-bond acceptors (Lipinski definition) is 8. The van der Waals surface area contributed by atoms with E-state index in [1.165, 1.54) is 13.4 Å². The van der Waals surface area contributed by atoms with Crippen molar-refractivity contribution in [2.24, 2.45) is 0 Å². The van der Waals surface area contributed by atoms with E-state index in [2.05, 4.69) is 36.2 Å². The number of fused-ring (bicyclic) bond motifs is 1. The van der Waals surface area contributed by atoms with Gasteiger partial charge in [0.25, 0.3) is 0 Å². The molecule has 0 unspecified atom stereocenters. The summed E-state index contributed by atoms with van der Waals surface area (Å²) in [6.45, 7) is 0. The molecule has 0 amide bonds. The van der Waals surface area contributed by atoms with Crippen LogP contribution in [0.1, 0.15) is 0 Å². The lowest BCUT2D eigenvalue weighted by Crippen LogP contribution is -2.04. The second-order valence-corrected chi connectivity index (χ2v) is 6.89. The summed E-state index contributed by atoms with van der Waals surface area (Å²) in [7, 11) is 1.54. The number of methoxy groups -OCH3 is 1. The molecule has 0 bridgehead atoms. The van der Waals surface area contributed by atoms with E-state index in [1.54, 1.807) is 48.7 Å². The number of nitrogens with one attached hydrogen (secondary N) is 1. The highest BCUT2D eigenvalue weighted by molar-refractivity contribution is 9.10. The summed E-state index contributed by atoms with van der Waals surface area (Å²) in [4.78, 5) is 23.6. The summed E-state index contributed by atoms with van der Waals surface area (Å²) >= 11 is 3.46. The molecule has 0 aliphatic rings. The lowest BCUT2D eigenvalue weighted by atomic mass is 10.2. The number of halogens is 1. The van der Waals surface area contributed by atoms with Crippen LogP contribution in [0.15, 0.2) is 65.5 Å². The molecule has 0 saturated carbocycles. The Kier molecular flexibility index (Phi) is 5.40. The van der Waals surface area contributed by atoms with Gasteiger partial charge in [-0.2, -0.15) is 4.98 Å². The summed E-state index contributed by atoms with van der Waals surface area (Å²) in [6.07, 6.45) is 2.81. The summed E-state index contributed by atoms with van der Waals surface area (Å²) in [5.74, 6) is 0.728. The minimum atomic E-state index is -0.591. The first-order chi connectivity index (χ1) is 14.6. The molecule has 10 heteroatoms. The molecule has 0 atom stereocenters. The predicted molar refractivity (Wildman–Crippen MR) is 114 cm³/mol. The van der Waals surface area contributed by atoms with Crippen LogP contribution in [0.2, 0.25) is 0 Å². The monoisotopic (exact) mass is 467 g/mol. The van der Waals surface area contributed by atoms with Crippen LogP contribution in [0, 0.1) is 10.1 Å². The summed E-state index contributed by atoms with van der Waals surface area (Å²) in [6, 6.07) is 14.1. The normalized spacial score (nSPS) is 10.6. The molecule has 2 heterocycles. The zero-order valence-electron chi connectivity index (χ0n) is 15.6. The smallest absolute Gasteiger partial charge is 0.373 e. The van der Waals surface area contributed by atoms with E-state index >= 15 is 0 Å². The van der Waals surface area contributed by atoms with Crippen molar-refractivity contribution in [1.82, 2.24) is 15.0 Å². The van der Waals surface area contributed by atoms with E-state index < -0.39 is 10.6 Å². The lowest BCUT2D eigenvalue weighted by molar-refractivity contribution is -0.385. The second kappa shape index (κ2) is 8.29. The van der Waals surface area contributed by atoms with Gasteiger partial charge in [0.2, 0.25) is 5.82 Å². The van der Waals surface area contributed by atoms with Gasteiger partial charge in [0, 0.05) is 27.8 Å². The number of hydrogen-bond donors (Lipinski definition) is 1. The maximum atomic E-state index is 11.8. The van der Waals surface area contributed by atoms with Crippen molar-refractivity contribution in [2.75, 3.05) is 12.4 Å². The highest BCUT2D eigenvalue weighted by Gasteiger charge is 2.26. The average Bonchev–Trinajstić information content (AvgIpc) is 2.76. The highest BCUT2D eigenvalue weighted by Crippen LogP contribution is 2.38. The van der Waals surface area contributed by atoms with Crippen molar-refractivity contribution >= 4 is 44.0 Å². The zero-order valence-corrected chi connectivity index (χ0v) is 17.2. The minimum Gasteiger partial charge on any atom is -0.497 e. The third kappa shape index (κ3) is 3.85. The van der Waals surface area contributed by atoms with Gasteiger partial charge in [-0.15, -0.1) is 0 Å². The van der Waals surface area contributed by atoms with E-state index in [0.29, 0.717) is 22.7 Å². The Hall–Kier alpha value is -3.79. The summed E-state index contributed by atoms with van der Waals surface area (Å²) in [5, 5.41) is 15.6. The van der Waals surface area contributed by atoms with Crippen molar-refractivity contribution < 1.29 is 14.4 Å². The van der Waals surface area contributed by atoms with E-state index in [9.17, 15) is 10.1 Å². The Morgan fingerprint density at radius 3 is 2.77 bits per heavy atom. The van der Waals surface area contributed by atoms with Crippen LogP contribution < -0.4 is 14.8 Å². The topological polar surface area (TPSA) is 112 Å². The Bertz CT molecular complexity index is 1250. The molecule has 2 aromatic heterocycles.